The van der Waals surface area contributed by atoms with Crippen molar-refractivity contribution in [2.24, 2.45) is 5.73 Å². The van der Waals surface area contributed by atoms with E-state index < -0.39 is 17.9 Å². The number of hydrogen-bond acceptors (Lipinski definition) is 8. The van der Waals surface area contributed by atoms with E-state index in [1.807, 2.05) is 48.5 Å². The minimum absolute atomic E-state index is 0.0110. The average Bonchev–Trinajstić information content (AvgIpc) is 3.08. The van der Waals surface area contributed by atoms with Crippen LogP contribution in [-0.4, -0.2) is 58.4 Å². The van der Waals surface area contributed by atoms with Crippen molar-refractivity contribution in [3.05, 3.63) is 95.8 Å². The number of ether oxygens (including phenoxy) is 2. The maximum absolute atomic E-state index is 14.9. The number of anilines is 2. The number of rotatable bonds is 18. The predicted octanol–water partition coefficient (Wildman–Crippen LogP) is 6.29. The number of hydrogen-bond donors (Lipinski definition) is 5. The number of nitrogens with two attached hydrogens (primary N) is 1. The predicted molar refractivity (Wildman–Crippen MR) is 183 cm³/mol. The van der Waals surface area contributed by atoms with Crippen LogP contribution in [0.4, 0.5) is 20.6 Å². The molecule has 0 atom stereocenters. The maximum Gasteiger partial charge on any atom is 0.411 e. The third-order valence-corrected chi connectivity index (χ3v) is 7.57. The largest absolute Gasteiger partial charge is 0.465 e. The van der Waals surface area contributed by atoms with Crippen LogP contribution < -0.4 is 27.0 Å². The molecule has 0 spiro atoms. The monoisotopic (exact) mass is 629 g/mol. The van der Waals surface area contributed by atoms with Crippen LogP contribution in [0.3, 0.4) is 0 Å². The molecule has 4 aromatic rings. The molecule has 0 aliphatic heterocycles. The second-order valence-corrected chi connectivity index (χ2v) is 10.9. The van der Waals surface area contributed by atoms with Gasteiger partial charge in [0.15, 0.2) is 0 Å². The van der Waals surface area contributed by atoms with Crippen molar-refractivity contribution >= 4 is 34.2 Å². The number of methoxy groups -OCH3 is 1. The molecule has 0 saturated carbocycles. The Hall–Kier alpha value is -4.51. The molecule has 0 radical (unpaired) electrons. The fraction of sp³-hybridized carbons (Fsp3) is 0.333. The summed E-state index contributed by atoms with van der Waals surface area (Å²) in [7, 11) is 1.20. The highest BCUT2D eigenvalue weighted by atomic mass is 19.1. The minimum atomic E-state index is -0.783. The molecule has 46 heavy (non-hydrogen) atoms. The summed E-state index contributed by atoms with van der Waals surface area (Å²) < 4.78 is 25.3. The second kappa shape index (κ2) is 18.5. The van der Waals surface area contributed by atoms with Gasteiger partial charge in [-0.2, -0.15) is 0 Å². The van der Waals surface area contributed by atoms with E-state index >= 15 is 0 Å². The second-order valence-electron chi connectivity index (χ2n) is 10.9. The zero-order valence-corrected chi connectivity index (χ0v) is 26.4. The van der Waals surface area contributed by atoms with Gasteiger partial charge in [0.1, 0.15) is 12.4 Å². The summed E-state index contributed by atoms with van der Waals surface area (Å²) in [5.74, 6) is -1.40. The fourth-order valence-electron chi connectivity index (χ4n) is 5.16. The number of nitrogens with one attached hydrogen (secondary N) is 4. The van der Waals surface area contributed by atoms with Crippen LogP contribution >= 0.6 is 0 Å². The molecule has 0 aliphatic rings. The highest BCUT2D eigenvalue weighted by Crippen LogP contribution is 2.32. The van der Waals surface area contributed by atoms with Crippen molar-refractivity contribution < 1.29 is 23.5 Å². The third kappa shape index (κ3) is 10.00. The molecule has 0 aromatic heterocycles. The van der Waals surface area contributed by atoms with Crippen LogP contribution in [0.25, 0.3) is 21.9 Å². The summed E-state index contributed by atoms with van der Waals surface area (Å²) in [5, 5.41) is 14.6. The van der Waals surface area contributed by atoms with E-state index in [1.54, 1.807) is 0 Å². The van der Waals surface area contributed by atoms with Gasteiger partial charge in [0.2, 0.25) is 0 Å². The van der Waals surface area contributed by atoms with E-state index in [1.165, 1.54) is 13.2 Å². The summed E-state index contributed by atoms with van der Waals surface area (Å²) in [6, 6.07) is 24.4. The van der Waals surface area contributed by atoms with Crippen LogP contribution in [0, 0.1) is 5.82 Å². The van der Waals surface area contributed by atoms with Crippen LogP contribution in [0.1, 0.15) is 41.6 Å². The lowest BCUT2D eigenvalue weighted by Crippen LogP contribution is -2.22. The van der Waals surface area contributed by atoms with Crippen LogP contribution in [0.5, 0.6) is 0 Å². The van der Waals surface area contributed by atoms with E-state index in [-0.39, 0.29) is 23.5 Å². The summed E-state index contributed by atoms with van der Waals surface area (Å²) in [5.41, 5.74) is 8.41. The number of benzene rings is 4. The Morgan fingerprint density at radius 2 is 1.43 bits per heavy atom. The zero-order chi connectivity index (χ0) is 32.6. The number of carbonyl (C=O) groups is 2. The molecule has 0 saturated heterocycles. The van der Waals surface area contributed by atoms with Gasteiger partial charge in [0.05, 0.1) is 24.0 Å². The first-order chi connectivity index (χ1) is 22.5. The zero-order valence-electron chi connectivity index (χ0n) is 26.4. The number of fused-ring (bicyclic) bond motifs is 1. The lowest BCUT2D eigenvalue weighted by Gasteiger charge is -2.15. The van der Waals surface area contributed by atoms with Crippen molar-refractivity contribution in [1.82, 2.24) is 10.6 Å². The minimum Gasteiger partial charge on any atom is -0.465 e. The third-order valence-electron chi connectivity index (χ3n) is 7.57. The van der Waals surface area contributed by atoms with E-state index in [9.17, 15) is 14.0 Å². The Morgan fingerprint density at radius 1 is 0.761 bits per heavy atom. The standard InChI is InChI=1S/C36H44FN5O4/c1-45-35(43)31-23-32(37)34(41-22-10-21-40-19-7-6-18-39-20-9-17-38)24-33(31)42-36(44)46-25-27-12-3-5-15-29(27)30-16-8-13-26-11-2-4-14-28(26)30/h2-5,8,11-16,23-24,39-41H,6-7,9-10,17-22,25,38H2,1H3,(H,42,44). The quantitative estimate of drug-likeness (QED) is 0.0642. The summed E-state index contributed by atoms with van der Waals surface area (Å²) in [4.78, 5) is 25.4. The van der Waals surface area contributed by atoms with Crippen molar-refractivity contribution in [3.63, 3.8) is 0 Å². The molecule has 0 heterocycles. The highest BCUT2D eigenvalue weighted by Gasteiger charge is 2.19. The number of unbranched alkanes of at least 4 members (excludes halogenated alkanes) is 1. The fourth-order valence-corrected chi connectivity index (χ4v) is 5.16. The lowest BCUT2D eigenvalue weighted by atomic mass is 9.95. The Bertz CT molecular complexity index is 1580. The lowest BCUT2D eigenvalue weighted by molar-refractivity contribution is 0.0601. The molecule has 0 fully saturated rings. The molecule has 6 N–H and O–H groups in total. The molecule has 0 aliphatic carbocycles. The van der Waals surface area contributed by atoms with Gasteiger partial charge in [-0.1, -0.05) is 66.7 Å². The van der Waals surface area contributed by atoms with Gasteiger partial charge in [-0.25, -0.2) is 14.0 Å². The summed E-state index contributed by atoms with van der Waals surface area (Å²) in [6.45, 7) is 4.80. The molecule has 244 valence electrons. The van der Waals surface area contributed by atoms with Crippen molar-refractivity contribution in [2.45, 2.75) is 32.3 Å². The molecule has 9 nitrogen and oxygen atoms in total. The van der Waals surface area contributed by atoms with E-state index in [0.717, 1.165) is 85.4 Å². The molecule has 4 aromatic carbocycles. The molecular weight excluding hydrogens is 585 g/mol. The first-order valence-corrected chi connectivity index (χ1v) is 15.8. The first-order valence-electron chi connectivity index (χ1n) is 15.8. The molecule has 1 amide bonds. The van der Waals surface area contributed by atoms with Gasteiger partial charge in [-0.05, 0) is 98.0 Å². The van der Waals surface area contributed by atoms with Crippen molar-refractivity contribution in [1.29, 1.82) is 0 Å². The Kier molecular flexibility index (Phi) is 13.8. The van der Waals surface area contributed by atoms with Crippen LogP contribution in [-0.2, 0) is 16.1 Å². The Labute approximate surface area is 270 Å². The molecule has 0 bridgehead atoms. The maximum atomic E-state index is 14.9. The molecule has 0 unspecified atom stereocenters. The van der Waals surface area contributed by atoms with Gasteiger partial charge in [-0.15, -0.1) is 0 Å². The number of halogens is 1. The van der Waals surface area contributed by atoms with Gasteiger partial charge in [0.25, 0.3) is 0 Å². The van der Waals surface area contributed by atoms with E-state index in [4.69, 9.17) is 15.2 Å². The SMILES string of the molecule is COC(=O)c1cc(F)c(NCCCNCCCCNCCCN)cc1NC(=O)OCc1ccccc1-c1cccc2ccccc12. The highest BCUT2D eigenvalue weighted by molar-refractivity contribution is 6.01. The molecule has 4 rings (SSSR count). The van der Waals surface area contributed by atoms with E-state index in [0.29, 0.717) is 13.1 Å². The smallest absolute Gasteiger partial charge is 0.411 e. The number of esters is 1. The van der Waals surface area contributed by atoms with Crippen molar-refractivity contribution in [2.75, 3.05) is 57.0 Å². The topological polar surface area (TPSA) is 127 Å². The first kappa shape index (κ1) is 34.4. The van der Waals surface area contributed by atoms with Gasteiger partial charge in [-0.3, -0.25) is 5.32 Å². The van der Waals surface area contributed by atoms with Crippen LogP contribution in [0.15, 0.2) is 78.9 Å². The number of carbonyl (C=O) groups excluding carboxylic acids is 2. The van der Waals surface area contributed by atoms with E-state index in [2.05, 4.69) is 39.5 Å². The average molecular weight is 630 g/mol. The van der Waals surface area contributed by atoms with Crippen molar-refractivity contribution in [3.8, 4) is 11.1 Å². The Balaban J connectivity index is 1.33. The summed E-state index contributed by atoms with van der Waals surface area (Å²) in [6.07, 6.45) is 3.11. The molecule has 10 heteroatoms. The number of amides is 1. The normalized spacial score (nSPS) is 10.9. The Morgan fingerprint density at radius 3 is 2.22 bits per heavy atom. The summed E-state index contributed by atoms with van der Waals surface area (Å²) >= 11 is 0. The van der Waals surface area contributed by atoms with Gasteiger partial charge >= 0.3 is 12.1 Å². The molecular formula is C36H44FN5O4. The van der Waals surface area contributed by atoms with Gasteiger partial charge in [0, 0.05) is 6.54 Å². The van der Waals surface area contributed by atoms with Crippen LogP contribution in [0.2, 0.25) is 0 Å². The van der Waals surface area contributed by atoms with Gasteiger partial charge < -0.3 is 31.2 Å².